The molecule has 1 aliphatic heterocycles. The molecule has 0 bridgehead atoms. The number of anilines is 2. The molecular formula is C44H53N5O8. The molecule has 0 aliphatic carbocycles. The summed E-state index contributed by atoms with van der Waals surface area (Å²) in [4.78, 5) is 78.6. The Kier molecular flexibility index (Phi) is 17.4. The van der Waals surface area contributed by atoms with E-state index in [9.17, 15) is 33.9 Å². The molecule has 0 fully saturated rings. The summed E-state index contributed by atoms with van der Waals surface area (Å²) < 4.78 is 5.62. The summed E-state index contributed by atoms with van der Waals surface area (Å²) in [5.74, 6) is 4.10. The predicted octanol–water partition coefficient (Wildman–Crippen LogP) is 4.76. The molecule has 2 atom stereocenters. The van der Waals surface area contributed by atoms with E-state index < -0.39 is 18.0 Å². The number of carbonyl (C=O) groups excluding carboxylic acids is 6. The number of para-hydroxylation sites is 1. The Morgan fingerprint density at radius 2 is 1.54 bits per heavy atom. The van der Waals surface area contributed by atoms with Crippen LogP contribution in [0.1, 0.15) is 87.5 Å². The second-order valence-corrected chi connectivity index (χ2v) is 14.3. The number of aliphatic hydroxyl groups is 1. The highest BCUT2D eigenvalue weighted by molar-refractivity contribution is 5.98. The quantitative estimate of drug-likeness (QED) is 0.0711. The number of hydrogen-bond donors (Lipinski definition) is 5. The first-order valence-corrected chi connectivity index (χ1v) is 19.4. The number of nitrogens with two attached hydrogens (primary N) is 1. The van der Waals surface area contributed by atoms with E-state index in [1.807, 2.05) is 48.5 Å². The topological polar surface area (TPSA) is 197 Å². The number of urea groups is 1. The Bertz CT molecular complexity index is 1930. The highest BCUT2D eigenvalue weighted by Crippen LogP contribution is 2.26. The minimum atomic E-state index is -0.837. The van der Waals surface area contributed by atoms with E-state index >= 15 is 0 Å². The van der Waals surface area contributed by atoms with E-state index in [0.717, 1.165) is 22.4 Å². The molecule has 0 spiro atoms. The fourth-order valence-electron chi connectivity index (χ4n) is 6.41. The van der Waals surface area contributed by atoms with Crippen molar-refractivity contribution in [1.82, 2.24) is 10.6 Å². The van der Waals surface area contributed by atoms with Crippen LogP contribution in [0, 0.1) is 23.7 Å². The first kappa shape index (κ1) is 43.9. The van der Waals surface area contributed by atoms with Gasteiger partial charge in [-0.05, 0) is 66.6 Å². The molecule has 0 saturated heterocycles. The van der Waals surface area contributed by atoms with E-state index in [-0.39, 0.29) is 100 Å². The van der Waals surface area contributed by atoms with Crippen LogP contribution < -0.4 is 26.6 Å². The van der Waals surface area contributed by atoms with Crippen molar-refractivity contribution >= 4 is 46.7 Å². The number of nitrogens with zero attached hydrogens (tertiary/aromatic N) is 1. The van der Waals surface area contributed by atoms with Gasteiger partial charge in [-0.15, -0.1) is 0 Å². The van der Waals surface area contributed by atoms with E-state index in [1.165, 1.54) is 0 Å². The summed E-state index contributed by atoms with van der Waals surface area (Å²) in [6.07, 6.45) is 1.38. The lowest BCUT2D eigenvalue weighted by molar-refractivity contribution is -0.131. The summed E-state index contributed by atoms with van der Waals surface area (Å²) in [5.41, 5.74) is 9.63. The van der Waals surface area contributed by atoms with Crippen LogP contribution in [0.3, 0.4) is 0 Å². The van der Waals surface area contributed by atoms with Gasteiger partial charge in [-0.2, -0.15) is 0 Å². The number of Topliss-reactive ketones (excluding diaryl/α,β-unsaturated/α-hetero) is 2. The van der Waals surface area contributed by atoms with Crippen molar-refractivity contribution < 1.29 is 38.6 Å². The minimum absolute atomic E-state index is 0.00367. The molecule has 1 aliphatic rings. The number of aliphatic hydroxyl groups excluding tert-OH is 1. The summed E-state index contributed by atoms with van der Waals surface area (Å²) in [6.45, 7) is 4.40. The summed E-state index contributed by atoms with van der Waals surface area (Å²) in [7, 11) is 0. The van der Waals surface area contributed by atoms with Crippen LogP contribution in [-0.2, 0) is 41.9 Å². The molecule has 0 saturated carbocycles. The van der Waals surface area contributed by atoms with Crippen LogP contribution in [0.25, 0.3) is 0 Å². The number of primary amides is 1. The highest BCUT2D eigenvalue weighted by Gasteiger charge is 2.29. The molecule has 6 N–H and O–H groups in total. The molecular weight excluding hydrogens is 727 g/mol. The maximum Gasteiger partial charge on any atom is 0.312 e. The van der Waals surface area contributed by atoms with E-state index in [2.05, 4.69) is 27.8 Å². The fraction of sp³-hybridized carbons (Fsp3) is 0.409. The Morgan fingerprint density at radius 3 is 2.26 bits per heavy atom. The zero-order valence-corrected chi connectivity index (χ0v) is 32.7. The normalized spacial score (nSPS) is 12.7. The molecule has 0 aromatic heterocycles. The zero-order valence-electron chi connectivity index (χ0n) is 32.7. The van der Waals surface area contributed by atoms with E-state index in [1.54, 1.807) is 43.0 Å². The number of benzene rings is 3. The Hall–Kier alpha value is -5.84. The lowest BCUT2D eigenvalue weighted by atomic mass is 9.89. The van der Waals surface area contributed by atoms with Gasteiger partial charge in [0.05, 0.1) is 31.5 Å². The Balaban J connectivity index is 1.19. The second-order valence-electron chi connectivity index (χ2n) is 14.3. The molecule has 13 heteroatoms. The van der Waals surface area contributed by atoms with Gasteiger partial charge in [0.2, 0.25) is 17.7 Å². The molecule has 3 aromatic carbocycles. The molecule has 13 nitrogen and oxygen atoms in total. The average molecular weight is 780 g/mol. The molecule has 0 radical (unpaired) electrons. The van der Waals surface area contributed by atoms with Gasteiger partial charge in [0.25, 0.3) is 0 Å². The number of carbonyl (C=O) groups is 6. The third-order valence-electron chi connectivity index (χ3n) is 9.59. The smallest absolute Gasteiger partial charge is 0.312 e. The van der Waals surface area contributed by atoms with Gasteiger partial charge in [-0.25, -0.2) is 4.79 Å². The molecule has 302 valence electrons. The number of ether oxygens (including phenoxy) is 1. The SMILES string of the molecule is CC(C)[C@H](NC(=O)CCOCCCC(=O)CCC(=O)N1Cc2ccccc2C#Cc2ccccc21)C(=O)C[C@@H](CCCNC(N)=O)C(=O)Nc1ccc(CO)cc1. The van der Waals surface area contributed by atoms with Crippen molar-refractivity contribution in [1.29, 1.82) is 0 Å². The molecule has 4 rings (SSSR count). The zero-order chi connectivity index (χ0) is 41.2. The van der Waals surface area contributed by atoms with Gasteiger partial charge in [0, 0.05) is 68.0 Å². The van der Waals surface area contributed by atoms with Gasteiger partial charge < -0.3 is 36.4 Å². The molecule has 0 unspecified atom stereocenters. The van der Waals surface area contributed by atoms with Crippen molar-refractivity contribution in [2.75, 3.05) is 30.0 Å². The van der Waals surface area contributed by atoms with Gasteiger partial charge in [0.15, 0.2) is 5.78 Å². The third-order valence-corrected chi connectivity index (χ3v) is 9.59. The predicted molar refractivity (Wildman–Crippen MR) is 217 cm³/mol. The van der Waals surface area contributed by atoms with Crippen molar-refractivity contribution in [2.24, 2.45) is 17.6 Å². The number of amides is 5. The van der Waals surface area contributed by atoms with Gasteiger partial charge in [-0.3, -0.25) is 24.0 Å². The molecule has 3 aromatic rings. The third kappa shape index (κ3) is 14.3. The largest absolute Gasteiger partial charge is 0.392 e. The lowest BCUT2D eigenvalue weighted by Gasteiger charge is -2.26. The summed E-state index contributed by atoms with van der Waals surface area (Å²) >= 11 is 0. The first-order chi connectivity index (χ1) is 27.4. The van der Waals surface area contributed by atoms with Gasteiger partial charge in [-0.1, -0.05) is 68.2 Å². The lowest BCUT2D eigenvalue weighted by Crippen LogP contribution is -2.45. The number of rotatable bonds is 22. The minimum Gasteiger partial charge on any atom is -0.392 e. The van der Waals surface area contributed by atoms with Gasteiger partial charge in [0.1, 0.15) is 5.78 Å². The van der Waals surface area contributed by atoms with E-state index in [4.69, 9.17) is 10.5 Å². The van der Waals surface area contributed by atoms with Gasteiger partial charge >= 0.3 is 6.03 Å². The maximum absolute atomic E-state index is 13.5. The number of fused-ring (bicyclic) bond motifs is 2. The summed E-state index contributed by atoms with van der Waals surface area (Å²) in [6, 6.07) is 20.4. The van der Waals surface area contributed by atoms with Crippen LogP contribution in [0.15, 0.2) is 72.8 Å². The average Bonchev–Trinajstić information content (AvgIpc) is 3.19. The van der Waals surface area contributed by atoms with E-state index in [0.29, 0.717) is 30.6 Å². The van der Waals surface area contributed by atoms with Crippen LogP contribution in [-0.4, -0.2) is 66.2 Å². The standard InChI is InChI=1S/C44H53N5O8/c1-30(2)42(39(52)27-34(12-7-24-46-44(45)56)43(55)47-36-19-15-31(29-50)16-20-36)48-40(53)23-26-57-25-8-13-37(51)21-22-41(54)49-28-35-11-4-3-9-32(35)17-18-33-10-5-6-14-38(33)49/h3-6,9-11,14-16,19-20,30,34,42,50H,7-8,12-13,21-29H2,1-2H3,(H,47,55)(H,48,53)(H3,45,46,56)/t34-,42+/m1/s1. The highest BCUT2D eigenvalue weighted by atomic mass is 16.5. The summed E-state index contributed by atoms with van der Waals surface area (Å²) in [5, 5.41) is 17.4. The van der Waals surface area contributed by atoms with Crippen LogP contribution in [0.4, 0.5) is 16.2 Å². The second kappa shape index (κ2) is 22.6. The van der Waals surface area contributed by atoms with Crippen molar-refractivity contribution in [3.8, 4) is 11.8 Å². The van der Waals surface area contributed by atoms with Crippen molar-refractivity contribution in [3.05, 3.63) is 95.1 Å². The maximum atomic E-state index is 13.5. The monoisotopic (exact) mass is 779 g/mol. The number of hydrogen-bond acceptors (Lipinski definition) is 8. The number of ketones is 2. The van der Waals surface area contributed by atoms with Crippen LogP contribution in [0.2, 0.25) is 0 Å². The Morgan fingerprint density at radius 1 is 0.842 bits per heavy atom. The van der Waals surface area contributed by atoms with Crippen molar-refractivity contribution in [3.63, 3.8) is 0 Å². The van der Waals surface area contributed by atoms with Crippen molar-refractivity contribution in [2.45, 2.75) is 84.4 Å². The Labute approximate surface area is 334 Å². The molecule has 57 heavy (non-hydrogen) atoms. The molecule has 5 amide bonds. The van der Waals surface area contributed by atoms with Crippen LogP contribution in [0.5, 0.6) is 0 Å². The molecule has 1 heterocycles. The first-order valence-electron chi connectivity index (χ1n) is 19.4. The fourth-order valence-corrected chi connectivity index (χ4v) is 6.41. The van der Waals surface area contributed by atoms with Crippen LogP contribution >= 0.6 is 0 Å². The number of nitrogens with one attached hydrogen (secondary N) is 3.